The summed E-state index contributed by atoms with van der Waals surface area (Å²) in [7, 11) is 0. The van der Waals surface area contributed by atoms with Crippen LogP contribution in [-0.2, 0) is 6.42 Å². The molecule has 0 unspecified atom stereocenters. The standard InChI is InChI=1S/C27H15N3.C3H6.C2H6/c28-15-18-7-5-8-19(16-29)27(18)30-24-11-4-3-10-22(24)26-23-14-17-6-1-2-9-20(17)21(23)12-13-25(26)30;1-3-2;1-2/h1-13H,14H2;3H,1H2,2H3;1-2H3. The molecule has 0 atom stereocenters. The van der Waals surface area contributed by atoms with E-state index in [0.29, 0.717) is 16.8 Å². The van der Waals surface area contributed by atoms with Crippen LogP contribution in [0.1, 0.15) is 43.0 Å². The molecule has 0 aliphatic heterocycles. The summed E-state index contributed by atoms with van der Waals surface area (Å²) >= 11 is 0. The lowest BCUT2D eigenvalue weighted by atomic mass is 10.0. The maximum Gasteiger partial charge on any atom is 0.101 e. The van der Waals surface area contributed by atoms with E-state index in [-0.39, 0.29) is 0 Å². The Morgan fingerprint density at radius 3 is 2.09 bits per heavy atom. The van der Waals surface area contributed by atoms with Crippen molar-refractivity contribution in [2.45, 2.75) is 27.2 Å². The second-order valence-corrected chi connectivity index (χ2v) is 8.01. The summed E-state index contributed by atoms with van der Waals surface area (Å²) in [4.78, 5) is 0. The van der Waals surface area contributed by atoms with Crippen molar-refractivity contribution in [3.8, 4) is 29.0 Å². The van der Waals surface area contributed by atoms with Crippen molar-refractivity contribution >= 4 is 21.8 Å². The van der Waals surface area contributed by atoms with E-state index in [1.54, 1.807) is 24.3 Å². The average Bonchev–Trinajstić information content (AvgIpc) is 3.45. The zero-order chi connectivity index (χ0) is 24.9. The number of fused-ring (bicyclic) bond motifs is 7. The lowest BCUT2D eigenvalue weighted by Gasteiger charge is -2.12. The fraction of sp³-hybridized carbons (Fsp3) is 0.125. The summed E-state index contributed by atoms with van der Waals surface area (Å²) in [6.45, 7) is 9.25. The van der Waals surface area contributed by atoms with Crippen LogP contribution >= 0.6 is 0 Å². The maximum absolute atomic E-state index is 9.78. The molecule has 1 aliphatic rings. The number of benzene rings is 4. The molecule has 0 spiro atoms. The van der Waals surface area contributed by atoms with E-state index in [2.05, 4.69) is 77.9 Å². The summed E-state index contributed by atoms with van der Waals surface area (Å²) in [6.07, 6.45) is 2.64. The molecular formula is C32H27N3. The Balaban J connectivity index is 0.000000539. The first-order valence-corrected chi connectivity index (χ1v) is 11.9. The van der Waals surface area contributed by atoms with Gasteiger partial charge in [0.2, 0.25) is 0 Å². The molecular weight excluding hydrogens is 426 g/mol. The first kappa shape index (κ1) is 23.6. The van der Waals surface area contributed by atoms with Crippen LogP contribution in [0.15, 0.2) is 91.5 Å². The van der Waals surface area contributed by atoms with Crippen molar-refractivity contribution < 1.29 is 0 Å². The molecule has 0 saturated heterocycles. The molecule has 0 N–H and O–H groups in total. The minimum absolute atomic E-state index is 0.500. The molecule has 6 rings (SSSR count). The van der Waals surface area contributed by atoms with Gasteiger partial charge in [-0.25, -0.2) is 0 Å². The van der Waals surface area contributed by atoms with E-state index >= 15 is 0 Å². The van der Waals surface area contributed by atoms with Crippen molar-refractivity contribution in [3.63, 3.8) is 0 Å². The molecule has 5 aromatic rings. The highest BCUT2D eigenvalue weighted by Crippen LogP contribution is 2.44. The summed E-state index contributed by atoms with van der Waals surface area (Å²) in [6, 6.07) is 31.0. The van der Waals surface area contributed by atoms with Crippen LogP contribution in [0.2, 0.25) is 0 Å². The van der Waals surface area contributed by atoms with Gasteiger partial charge in [-0.3, -0.25) is 0 Å². The van der Waals surface area contributed by atoms with E-state index < -0.39 is 0 Å². The smallest absolute Gasteiger partial charge is 0.101 e. The zero-order valence-corrected chi connectivity index (χ0v) is 20.3. The highest BCUT2D eigenvalue weighted by molar-refractivity contribution is 6.13. The molecule has 0 radical (unpaired) electrons. The fourth-order valence-electron chi connectivity index (χ4n) is 4.90. The highest BCUT2D eigenvalue weighted by Gasteiger charge is 2.25. The normalized spacial score (nSPS) is 10.7. The molecule has 3 heteroatoms. The topological polar surface area (TPSA) is 52.5 Å². The van der Waals surface area contributed by atoms with E-state index in [1.165, 1.54) is 27.6 Å². The van der Waals surface area contributed by atoms with Crippen molar-refractivity contribution in [2.24, 2.45) is 0 Å². The van der Waals surface area contributed by atoms with Crippen LogP contribution in [0.5, 0.6) is 0 Å². The van der Waals surface area contributed by atoms with E-state index in [9.17, 15) is 10.5 Å². The Morgan fingerprint density at radius 2 is 1.40 bits per heavy atom. The van der Waals surface area contributed by atoms with Gasteiger partial charge in [0.05, 0.1) is 27.8 Å². The summed E-state index contributed by atoms with van der Waals surface area (Å²) in [5.74, 6) is 0. The zero-order valence-electron chi connectivity index (χ0n) is 20.3. The van der Waals surface area contributed by atoms with Gasteiger partial charge in [0.25, 0.3) is 0 Å². The van der Waals surface area contributed by atoms with Crippen LogP contribution in [0.3, 0.4) is 0 Å². The Kier molecular flexibility index (Phi) is 6.81. The van der Waals surface area contributed by atoms with Crippen LogP contribution in [0.4, 0.5) is 0 Å². The van der Waals surface area contributed by atoms with E-state index in [1.807, 2.05) is 26.8 Å². The molecule has 3 nitrogen and oxygen atoms in total. The quantitative estimate of drug-likeness (QED) is 0.235. The number of para-hydroxylation sites is 2. The van der Waals surface area contributed by atoms with Crippen molar-refractivity contribution in [1.82, 2.24) is 4.57 Å². The molecule has 35 heavy (non-hydrogen) atoms. The minimum atomic E-state index is 0.500. The molecule has 0 amide bonds. The van der Waals surface area contributed by atoms with Crippen molar-refractivity contribution in [3.05, 3.63) is 114 Å². The number of hydrogen-bond acceptors (Lipinski definition) is 2. The van der Waals surface area contributed by atoms with Gasteiger partial charge in [-0.1, -0.05) is 74.5 Å². The molecule has 1 heterocycles. The van der Waals surface area contributed by atoms with Crippen LogP contribution in [0.25, 0.3) is 38.6 Å². The summed E-state index contributed by atoms with van der Waals surface area (Å²) < 4.78 is 2.09. The van der Waals surface area contributed by atoms with Gasteiger partial charge < -0.3 is 4.57 Å². The lowest BCUT2D eigenvalue weighted by Crippen LogP contribution is -2.01. The van der Waals surface area contributed by atoms with E-state index in [0.717, 1.165) is 22.8 Å². The minimum Gasteiger partial charge on any atom is -0.307 e. The van der Waals surface area contributed by atoms with Gasteiger partial charge in [0.1, 0.15) is 12.1 Å². The van der Waals surface area contributed by atoms with Crippen LogP contribution in [0, 0.1) is 22.7 Å². The lowest BCUT2D eigenvalue weighted by molar-refractivity contribution is 1.15. The highest BCUT2D eigenvalue weighted by atomic mass is 15.0. The number of nitriles is 2. The Bertz CT molecular complexity index is 1610. The van der Waals surface area contributed by atoms with Gasteiger partial charge in [-0.2, -0.15) is 10.5 Å². The van der Waals surface area contributed by atoms with Gasteiger partial charge >= 0.3 is 0 Å². The van der Waals surface area contributed by atoms with Gasteiger partial charge in [0, 0.05) is 10.8 Å². The van der Waals surface area contributed by atoms with Crippen molar-refractivity contribution in [1.29, 1.82) is 10.5 Å². The number of hydrogen-bond donors (Lipinski definition) is 0. The third-order valence-electron chi connectivity index (χ3n) is 6.12. The molecule has 4 aromatic carbocycles. The van der Waals surface area contributed by atoms with Gasteiger partial charge in [-0.05, 0) is 59.9 Å². The molecule has 0 saturated carbocycles. The molecule has 1 aromatic heterocycles. The Labute approximate surface area is 206 Å². The third-order valence-corrected chi connectivity index (χ3v) is 6.12. The second kappa shape index (κ2) is 10.1. The fourth-order valence-corrected chi connectivity index (χ4v) is 4.90. The average molecular weight is 454 g/mol. The number of rotatable bonds is 1. The van der Waals surface area contributed by atoms with Crippen LogP contribution in [-0.4, -0.2) is 4.57 Å². The Hall–Kier alpha value is -4.60. The molecule has 1 aliphatic carbocycles. The molecule has 0 fully saturated rings. The van der Waals surface area contributed by atoms with Gasteiger partial charge in [0.15, 0.2) is 0 Å². The van der Waals surface area contributed by atoms with Crippen LogP contribution < -0.4 is 0 Å². The molecule has 170 valence electrons. The Morgan fingerprint density at radius 1 is 0.771 bits per heavy atom. The molecule has 0 bridgehead atoms. The summed E-state index contributed by atoms with van der Waals surface area (Å²) in [5.41, 5.74) is 8.92. The third kappa shape index (κ3) is 3.78. The number of nitrogens with zero attached hydrogens (tertiary/aromatic N) is 3. The van der Waals surface area contributed by atoms with Gasteiger partial charge in [-0.15, -0.1) is 6.58 Å². The summed E-state index contributed by atoms with van der Waals surface area (Å²) in [5, 5.41) is 21.9. The second-order valence-electron chi connectivity index (χ2n) is 8.01. The number of aromatic nitrogens is 1. The predicted octanol–water partition coefficient (Wildman–Crippen LogP) is 8.32. The SMILES string of the molecule is C=CC.CC.N#Cc1cccc(C#N)c1-n1c2ccccc2c2c3c(ccc21)-c1ccccc1C3. The monoisotopic (exact) mass is 453 g/mol. The largest absolute Gasteiger partial charge is 0.307 e. The number of allylic oxidation sites excluding steroid dienone is 1. The first-order chi connectivity index (χ1) is 17.2. The maximum atomic E-state index is 9.78. The first-order valence-electron chi connectivity index (χ1n) is 11.9. The van der Waals surface area contributed by atoms with Crippen molar-refractivity contribution in [2.75, 3.05) is 0 Å². The van der Waals surface area contributed by atoms with E-state index in [4.69, 9.17) is 0 Å². The predicted molar refractivity (Wildman–Crippen MR) is 146 cm³/mol.